The Kier molecular flexibility index (Phi) is 8.41. The van der Waals surface area contributed by atoms with Crippen molar-refractivity contribution in [1.82, 2.24) is 14.8 Å². The van der Waals surface area contributed by atoms with E-state index in [1.165, 1.54) is 17.3 Å². The van der Waals surface area contributed by atoms with Gasteiger partial charge in [0.15, 0.2) is 11.0 Å². The standard InChI is InChI=1S/C23H27ClN4O3S/c1-5-28-21(13-31-18-9-6-16(7-10-18)15(2)3)26-27-23(28)32-14-22(29)25-19-12-17(24)8-11-20(19)30-4/h6-12,15H,5,13-14H2,1-4H3,(H,25,29). The Morgan fingerprint density at radius 3 is 2.59 bits per heavy atom. The van der Waals surface area contributed by atoms with Crippen LogP contribution in [0.2, 0.25) is 5.02 Å². The topological polar surface area (TPSA) is 78.3 Å². The SMILES string of the molecule is CCn1c(COc2ccc(C(C)C)cc2)nnc1SCC(=O)Nc1cc(Cl)ccc1OC. The van der Waals surface area contributed by atoms with Crippen LogP contribution in [0.1, 0.15) is 38.1 Å². The number of halogens is 1. The van der Waals surface area contributed by atoms with Crippen LogP contribution in [0.5, 0.6) is 11.5 Å². The molecule has 9 heteroatoms. The van der Waals surface area contributed by atoms with E-state index in [4.69, 9.17) is 21.1 Å². The van der Waals surface area contributed by atoms with Crippen molar-refractivity contribution in [2.24, 2.45) is 0 Å². The summed E-state index contributed by atoms with van der Waals surface area (Å²) in [5.41, 5.74) is 1.79. The van der Waals surface area contributed by atoms with Gasteiger partial charge in [-0.1, -0.05) is 49.3 Å². The predicted molar refractivity (Wildman–Crippen MR) is 128 cm³/mol. The van der Waals surface area contributed by atoms with Gasteiger partial charge in [-0.25, -0.2) is 0 Å². The van der Waals surface area contributed by atoms with E-state index >= 15 is 0 Å². The summed E-state index contributed by atoms with van der Waals surface area (Å²) in [6.07, 6.45) is 0. The molecule has 0 spiro atoms. The number of carbonyl (C=O) groups is 1. The van der Waals surface area contributed by atoms with Gasteiger partial charge in [0.1, 0.15) is 18.1 Å². The first kappa shape index (κ1) is 23.9. The summed E-state index contributed by atoms with van der Waals surface area (Å²) >= 11 is 7.33. The molecule has 0 aliphatic rings. The number of rotatable bonds is 10. The van der Waals surface area contributed by atoms with E-state index in [1.807, 2.05) is 23.6 Å². The Hall–Kier alpha value is -2.71. The van der Waals surface area contributed by atoms with Crippen molar-refractivity contribution in [3.05, 3.63) is 58.9 Å². The van der Waals surface area contributed by atoms with Crippen molar-refractivity contribution < 1.29 is 14.3 Å². The number of ether oxygens (including phenoxy) is 2. The van der Waals surface area contributed by atoms with Gasteiger partial charge in [0.25, 0.3) is 0 Å². The van der Waals surface area contributed by atoms with Crippen LogP contribution in [0.3, 0.4) is 0 Å². The molecule has 0 aliphatic heterocycles. The molecule has 1 aromatic heterocycles. The maximum atomic E-state index is 12.4. The van der Waals surface area contributed by atoms with Crippen LogP contribution in [-0.4, -0.2) is 33.5 Å². The first-order valence-electron chi connectivity index (χ1n) is 10.3. The van der Waals surface area contributed by atoms with E-state index in [0.29, 0.717) is 46.5 Å². The first-order valence-corrected chi connectivity index (χ1v) is 11.7. The fourth-order valence-electron chi connectivity index (χ4n) is 3.04. The van der Waals surface area contributed by atoms with Gasteiger partial charge in [-0.3, -0.25) is 4.79 Å². The number of benzene rings is 2. The summed E-state index contributed by atoms with van der Waals surface area (Å²) < 4.78 is 13.1. The lowest BCUT2D eigenvalue weighted by Crippen LogP contribution is -2.15. The van der Waals surface area contributed by atoms with Crippen LogP contribution in [0.15, 0.2) is 47.6 Å². The fraction of sp³-hybridized carbons (Fsp3) is 0.348. The molecule has 1 heterocycles. The van der Waals surface area contributed by atoms with Gasteiger partial charge in [-0.05, 0) is 48.7 Å². The Morgan fingerprint density at radius 2 is 1.94 bits per heavy atom. The van der Waals surface area contributed by atoms with Crippen molar-refractivity contribution >= 4 is 35.0 Å². The third-order valence-corrected chi connectivity index (χ3v) is 5.99. The molecular formula is C23H27ClN4O3S. The van der Waals surface area contributed by atoms with Crippen LogP contribution < -0.4 is 14.8 Å². The third-order valence-electron chi connectivity index (χ3n) is 4.79. The number of nitrogens with one attached hydrogen (secondary N) is 1. The largest absolute Gasteiger partial charge is 0.495 e. The first-order chi connectivity index (χ1) is 15.4. The minimum absolute atomic E-state index is 0.172. The van der Waals surface area contributed by atoms with E-state index in [9.17, 15) is 4.79 Å². The molecule has 0 saturated heterocycles. The molecule has 3 aromatic rings. The van der Waals surface area contributed by atoms with Crippen molar-refractivity contribution in [2.75, 3.05) is 18.2 Å². The minimum atomic E-state index is -0.190. The Labute approximate surface area is 197 Å². The maximum Gasteiger partial charge on any atom is 0.234 e. The van der Waals surface area contributed by atoms with Crippen molar-refractivity contribution in [3.63, 3.8) is 0 Å². The number of amides is 1. The summed E-state index contributed by atoms with van der Waals surface area (Å²) in [6, 6.07) is 13.1. The van der Waals surface area contributed by atoms with Crippen LogP contribution >= 0.6 is 23.4 Å². The normalized spacial score (nSPS) is 10.9. The van der Waals surface area contributed by atoms with Crippen LogP contribution in [0.4, 0.5) is 5.69 Å². The van der Waals surface area contributed by atoms with Gasteiger partial charge in [0.05, 0.1) is 18.6 Å². The summed E-state index contributed by atoms with van der Waals surface area (Å²) in [4.78, 5) is 12.4. The molecule has 2 aromatic carbocycles. The lowest BCUT2D eigenvalue weighted by Gasteiger charge is -2.11. The second-order valence-corrected chi connectivity index (χ2v) is 8.72. The van der Waals surface area contributed by atoms with E-state index in [1.54, 1.807) is 25.3 Å². The van der Waals surface area contributed by atoms with Gasteiger partial charge in [0, 0.05) is 11.6 Å². The Bertz CT molecular complexity index is 1050. The highest BCUT2D eigenvalue weighted by Crippen LogP contribution is 2.28. The van der Waals surface area contributed by atoms with Gasteiger partial charge in [-0.15, -0.1) is 10.2 Å². The molecule has 0 radical (unpaired) electrons. The maximum absolute atomic E-state index is 12.4. The summed E-state index contributed by atoms with van der Waals surface area (Å²) in [7, 11) is 1.54. The number of methoxy groups -OCH3 is 1. The average Bonchev–Trinajstić information content (AvgIpc) is 3.18. The average molecular weight is 475 g/mol. The van der Waals surface area contributed by atoms with Gasteiger partial charge >= 0.3 is 0 Å². The number of carbonyl (C=O) groups excluding carboxylic acids is 1. The molecule has 0 fully saturated rings. The number of aromatic nitrogens is 3. The lowest BCUT2D eigenvalue weighted by molar-refractivity contribution is -0.113. The molecular weight excluding hydrogens is 448 g/mol. The predicted octanol–water partition coefficient (Wildman–Crippen LogP) is 5.39. The zero-order chi connectivity index (χ0) is 23.1. The van der Waals surface area contributed by atoms with Crippen molar-refractivity contribution in [1.29, 1.82) is 0 Å². The van der Waals surface area contributed by atoms with Crippen LogP contribution in [-0.2, 0) is 17.9 Å². The highest BCUT2D eigenvalue weighted by Gasteiger charge is 2.15. The number of anilines is 1. The van der Waals surface area contributed by atoms with E-state index < -0.39 is 0 Å². The molecule has 1 amide bonds. The molecule has 1 N–H and O–H groups in total. The molecule has 170 valence electrons. The number of nitrogens with zero attached hydrogens (tertiary/aromatic N) is 3. The van der Waals surface area contributed by atoms with Crippen molar-refractivity contribution in [2.45, 2.75) is 45.0 Å². The quantitative estimate of drug-likeness (QED) is 0.397. The van der Waals surface area contributed by atoms with E-state index in [2.05, 4.69) is 41.5 Å². The van der Waals surface area contributed by atoms with Crippen LogP contribution in [0, 0.1) is 0 Å². The van der Waals surface area contributed by atoms with Gasteiger partial charge in [0.2, 0.25) is 5.91 Å². The van der Waals surface area contributed by atoms with Crippen LogP contribution in [0.25, 0.3) is 0 Å². The highest BCUT2D eigenvalue weighted by molar-refractivity contribution is 7.99. The number of hydrogen-bond acceptors (Lipinski definition) is 6. The zero-order valence-electron chi connectivity index (χ0n) is 18.6. The molecule has 7 nitrogen and oxygen atoms in total. The molecule has 0 unspecified atom stereocenters. The summed E-state index contributed by atoms with van der Waals surface area (Å²) in [5.74, 6) is 2.49. The summed E-state index contributed by atoms with van der Waals surface area (Å²) in [5, 5.41) is 12.5. The lowest BCUT2D eigenvalue weighted by atomic mass is 10.0. The highest BCUT2D eigenvalue weighted by atomic mass is 35.5. The van der Waals surface area contributed by atoms with Gasteiger partial charge in [-0.2, -0.15) is 0 Å². The Balaban J connectivity index is 1.58. The minimum Gasteiger partial charge on any atom is -0.495 e. The molecule has 0 atom stereocenters. The molecule has 32 heavy (non-hydrogen) atoms. The molecule has 0 bridgehead atoms. The van der Waals surface area contributed by atoms with E-state index in [0.717, 1.165) is 5.75 Å². The zero-order valence-corrected chi connectivity index (χ0v) is 20.2. The molecule has 3 rings (SSSR count). The second kappa shape index (κ2) is 11.2. The molecule has 0 aliphatic carbocycles. The fourth-order valence-corrected chi connectivity index (χ4v) is 4.03. The monoisotopic (exact) mass is 474 g/mol. The van der Waals surface area contributed by atoms with Gasteiger partial charge < -0.3 is 19.4 Å². The van der Waals surface area contributed by atoms with Crippen molar-refractivity contribution in [3.8, 4) is 11.5 Å². The Morgan fingerprint density at radius 1 is 1.19 bits per heavy atom. The summed E-state index contributed by atoms with van der Waals surface area (Å²) in [6.45, 7) is 7.29. The number of hydrogen-bond donors (Lipinski definition) is 1. The smallest absolute Gasteiger partial charge is 0.234 e. The van der Waals surface area contributed by atoms with E-state index in [-0.39, 0.29) is 11.7 Å². The second-order valence-electron chi connectivity index (χ2n) is 7.34. The third kappa shape index (κ3) is 6.17. The number of thioether (sulfide) groups is 1. The molecule has 0 saturated carbocycles.